The topological polar surface area (TPSA) is 46.3 Å². The number of rotatable bonds is 3. The van der Waals surface area contributed by atoms with Crippen LogP contribution in [0.1, 0.15) is 19.8 Å². The van der Waals surface area contributed by atoms with E-state index in [1.165, 1.54) is 0 Å². The van der Waals surface area contributed by atoms with Gasteiger partial charge in [0.05, 0.1) is 5.75 Å². The van der Waals surface area contributed by atoms with Gasteiger partial charge < -0.3 is 10.6 Å². The largest absolute Gasteiger partial charge is 0.399 e. The number of thioether (sulfide) groups is 1. The third kappa shape index (κ3) is 3.67. The molecule has 1 aromatic rings. The Morgan fingerprint density at radius 1 is 1.44 bits per heavy atom. The van der Waals surface area contributed by atoms with Crippen LogP contribution in [0.5, 0.6) is 0 Å². The number of benzene rings is 1. The Bertz CT molecular complexity index is 414. The molecule has 0 saturated carbocycles. The first-order chi connectivity index (χ1) is 8.65. The van der Waals surface area contributed by atoms with Crippen LogP contribution < -0.4 is 5.73 Å². The van der Waals surface area contributed by atoms with Gasteiger partial charge in [-0.25, -0.2) is 0 Å². The number of nitrogens with zero attached hydrogens (tertiary/aromatic N) is 1. The Morgan fingerprint density at radius 2 is 2.17 bits per heavy atom. The predicted molar refractivity (Wildman–Crippen MR) is 76.6 cm³/mol. The van der Waals surface area contributed by atoms with Crippen molar-refractivity contribution in [1.29, 1.82) is 0 Å². The summed E-state index contributed by atoms with van der Waals surface area (Å²) < 4.78 is 0. The van der Waals surface area contributed by atoms with Gasteiger partial charge in [0.15, 0.2) is 0 Å². The van der Waals surface area contributed by atoms with Crippen molar-refractivity contribution in [2.24, 2.45) is 5.92 Å². The van der Waals surface area contributed by atoms with Crippen molar-refractivity contribution >= 4 is 23.4 Å². The van der Waals surface area contributed by atoms with Gasteiger partial charge in [-0.1, -0.05) is 13.0 Å². The minimum Gasteiger partial charge on any atom is -0.399 e. The van der Waals surface area contributed by atoms with Crippen molar-refractivity contribution < 1.29 is 4.79 Å². The summed E-state index contributed by atoms with van der Waals surface area (Å²) in [6, 6.07) is 7.69. The summed E-state index contributed by atoms with van der Waals surface area (Å²) in [5, 5.41) is 0. The molecule has 1 amide bonds. The lowest BCUT2D eigenvalue weighted by Crippen LogP contribution is -2.38. The summed E-state index contributed by atoms with van der Waals surface area (Å²) >= 11 is 1.57. The van der Waals surface area contributed by atoms with Crippen LogP contribution in [0.2, 0.25) is 0 Å². The molecule has 4 heteroatoms. The van der Waals surface area contributed by atoms with E-state index >= 15 is 0 Å². The number of carbonyl (C=O) groups is 1. The number of nitrogens with two attached hydrogens (primary N) is 1. The number of amides is 1. The molecule has 0 spiro atoms. The maximum atomic E-state index is 12.0. The lowest BCUT2D eigenvalue weighted by Gasteiger charge is -2.30. The highest BCUT2D eigenvalue weighted by Crippen LogP contribution is 2.22. The molecule has 1 aliphatic heterocycles. The van der Waals surface area contributed by atoms with Gasteiger partial charge in [-0.15, -0.1) is 11.8 Å². The van der Waals surface area contributed by atoms with Gasteiger partial charge >= 0.3 is 0 Å². The Hall–Kier alpha value is -1.16. The van der Waals surface area contributed by atoms with Crippen LogP contribution >= 0.6 is 11.8 Å². The van der Waals surface area contributed by atoms with Crippen LogP contribution in [0.25, 0.3) is 0 Å². The lowest BCUT2D eigenvalue weighted by atomic mass is 9.99. The third-order valence-corrected chi connectivity index (χ3v) is 4.34. The van der Waals surface area contributed by atoms with Crippen molar-refractivity contribution in [1.82, 2.24) is 4.90 Å². The second kappa shape index (κ2) is 6.14. The number of anilines is 1. The first kappa shape index (κ1) is 13.3. The monoisotopic (exact) mass is 264 g/mol. The quantitative estimate of drug-likeness (QED) is 0.674. The molecule has 0 radical (unpaired) electrons. The van der Waals surface area contributed by atoms with Crippen LogP contribution in [0.3, 0.4) is 0 Å². The summed E-state index contributed by atoms with van der Waals surface area (Å²) in [7, 11) is 0. The van der Waals surface area contributed by atoms with E-state index in [1.54, 1.807) is 11.8 Å². The van der Waals surface area contributed by atoms with E-state index in [0.717, 1.165) is 42.4 Å². The predicted octanol–water partition coefficient (Wildman–Crippen LogP) is 2.62. The van der Waals surface area contributed by atoms with E-state index in [4.69, 9.17) is 5.73 Å². The standard InChI is InChI=1S/C14H20N2OS/c1-11-5-7-16(8-6-11)14(17)10-18-13-4-2-3-12(15)9-13/h2-4,9,11H,5-8,10,15H2,1H3. The van der Waals surface area contributed by atoms with Crippen molar-refractivity contribution in [3.05, 3.63) is 24.3 Å². The lowest BCUT2D eigenvalue weighted by molar-refractivity contribution is -0.129. The summed E-state index contributed by atoms with van der Waals surface area (Å²) in [6.45, 7) is 4.08. The minimum atomic E-state index is 0.245. The van der Waals surface area contributed by atoms with E-state index in [2.05, 4.69) is 6.92 Å². The van der Waals surface area contributed by atoms with E-state index in [9.17, 15) is 4.79 Å². The first-order valence-corrected chi connectivity index (χ1v) is 7.40. The normalized spacial score (nSPS) is 16.8. The highest BCUT2D eigenvalue weighted by molar-refractivity contribution is 8.00. The highest BCUT2D eigenvalue weighted by Gasteiger charge is 2.19. The van der Waals surface area contributed by atoms with Gasteiger partial charge in [0.1, 0.15) is 0 Å². The average Bonchev–Trinajstić information content (AvgIpc) is 2.37. The fraction of sp³-hybridized carbons (Fsp3) is 0.500. The Kier molecular flexibility index (Phi) is 4.53. The van der Waals surface area contributed by atoms with Crippen molar-refractivity contribution in [2.45, 2.75) is 24.7 Å². The second-order valence-corrected chi connectivity index (χ2v) is 5.97. The number of piperidine rings is 1. The van der Waals surface area contributed by atoms with Gasteiger partial charge in [-0.2, -0.15) is 0 Å². The molecule has 18 heavy (non-hydrogen) atoms. The van der Waals surface area contributed by atoms with Crippen LogP contribution in [0, 0.1) is 5.92 Å². The highest BCUT2D eigenvalue weighted by atomic mass is 32.2. The molecule has 1 saturated heterocycles. The zero-order valence-corrected chi connectivity index (χ0v) is 11.6. The Morgan fingerprint density at radius 3 is 2.83 bits per heavy atom. The molecule has 2 N–H and O–H groups in total. The molecule has 0 atom stereocenters. The SMILES string of the molecule is CC1CCN(C(=O)CSc2cccc(N)c2)CC1. The smallest absolute Gasteiger partial charge is 0.232 e. The number of hydrogen-bond donors (Lipinski definition) is 1. The van der Waals surface area contributed by atoms with Gasteiger partial charge in [0, 0.05) is 23.7 Å². The van der Waals surface area contributed by atoms with Crippen LogP contribution in [0.4, 0.5) is 5.69 Å². The zero-order chi connectivity index (χ0) is 13.0. The molecular formula is C14H20N2OS. The van der Waals surface area contributed by atoms with Crippen LogP contribution in [-0.4, -0.2) is 29.6 Å². The second-order valence-electron chi connectivity index (χ2n) is 4.92. The number of carbonyl (C=O) groups excluding carboxylic acids is 1. The molecule has 1 aliphatic rings. The fourth-order valence-electron chi connectivity index (χ4n) is 2.10. The molecule has 1 heterocycles. The van der Waals surface area contributed by atoms with Gasteiger partial charge in [0.25, 0.3) is 0 Å². The maximum absolute atomic E-state index is 12.0. The molecule has 2 rings (SSSR count). The minimum absolute atomic E-state index is 0.245. The molecule has 1 aromatic carbocycles. The summed E-state index contributed by atoms with van der Waals surface area (Å²) in [5.74, 6) is 1.52. The molecular weight excluding hydrogens is 244 g/mol. The van der Waals surface area contributed by atoms with Crippen molar-refractivity contribution in [2.75, 3.05) is 24.6 Å². The summed E-state index contributed by atoms with van der Waals surface area (Å²) in [4.78, 5) is 15.1. The molecule has 0 aromatic heterocycles. The number of nitrogen functional groups attached to an aromatic ring is 1. The molecule has 0 bridgehead atoms. The van der Waals surface area contributed by atoms with Crippen molar-refractivity contribution in [3.8, 4) is 0 Å². The van der Waals surface area contributed by atoms with Gasteiger partial charge in [0.2, 0.25) is 5.91 Å². The fourth-order valence-corrected chi connectivity index (χ4v) is 2.97. The third-order valence-electron chi connectivity index (χ3n) is 3.36. The molecule has 1 fully saturated rings. The van der Waals surface area contributed by atoms with Crippen molar-refractivity contribution in [3.63, 3.8) is 0 Å². The number of hydrogen-bond acceptors (Lipinski definition) is 3. The Balaban J connectivity index is 1.81. The Labute approximate surface area is 113 Å². The average molecular weight is 264 g/mol. The van der Waals surface area contributed by atoms with E-state index in [-0.39, 0.29) is 5.91 Å². The maximum Gasteiger partial charge on any atom is 0.232 e. The van der Waals surface area contributed by atoms with E-state index < -0.39 is 0 Å². The van der Waals surface area contributed by atoms with E-state index in [1.807, 2.05) is 29.2 Å². The summed E-state index contributed by atoms with van der Waals surface area (Å²) in [5.41, 5.74) is 6.46. The summed E-state index contributed by atoms with van der Waals surface area (Å²) in [6.07, 6.45) is 2.27. The zero-order valence-electron chi connectivity index (χ0n) is 10.8. The van der Waals surface area contributed by atoms with Gasteiger partial charge in [-0.3, -0.25) is 4.79 Å². The molecule has 0 unspecified atom stereocenters. The van der Waals surface area contributed by atoms with Gasteiger partial charge in [-0.05, 0) is 37.0 Å². The number of likely N-dealkylation sites (tertiary alicyclic amines) is 1. The van der Waals surface area contributed by atoms with E-state index in [0.29, 0.717) is 5.75 Å². The molecule has 3 nitrogen and oxygen atoms in total. The van der Waals surface area contributed by atoms with Crippen LogP contribution in [0.15, 0.2) is 29.2 Å². The molecule has 0 aliphatic carbocycles. The molecule has 98 valence electrons. The first-order valence-electron chi connectivity index (χ1n) is 6.41. The van der Waals surface area contributed by atoms with Crippen LogP contribution in [-0.2, 0) is 4.79 Å².